The van der Waals surface area contributed by atoms with Crippen LogP contribution in [0.5, 0.6) is 0 Å². The van der Waals surface area contributed by atoms with Crippen molar-refractivity contribution in [2.75, 3.05) is 5.32 Å². The van der Waals surface area contributed by atoms with E-state index in [2.05, 4.69) is 10.3 Å². The number of benzene rings is 3. The lowest BCUT2D eigenvalue weighted by atomic mass is 9.81. The number of ketones is 1. The van der Waals surface area contributed by atoms with Crippen LogP contribution in [0.15, 0.2) is 94.0 Å². The Morgan fingerprint density at radius 3 is 2.24 bits per heavy atom. The molecule has 0 spiro atoms. The molecule has 2 N–H and O–H groups in total. The standard InChI is InChI=1S/C28H21N3O3/c1-16-11-13-18(14-12-16)21-22-24(19-9-5-6-10-20(19)25(22)32)29-26-23(21)27(33)30-28(34)31(26)15-17-7-3-2-4-8-17/h2-14,21,29H,15H2,1H3,(H,30,33,34)/t21-/m0/s1. The number of fused-ring (bicyclic) bond motifs is 3. The molecule has 1 aliphatic heterocycles. The first-order valence-corrected chi connectivity index (χ1v) is 11.2. The molecule has 34 heavy (non-hydrogen) atoms. The number of hydrogen-bond donors (Lipinski definition) is 2. The molecule has 3 aromatic carbocycles. The summed E-state index contributed by atoms with van der Waals surface area (Å²) < 4.78 is 1.54. The van der Waals surface area contributed by atoms with E-state index in [0.717, 1.165) is 22.3 Å². The Bertz CT molecular complexity index is 1610. The molecule has 0 unspecified atom stereocenters. The molecular formula is C28H21N3O3. The summed E-state index contributed by atoms with van der Waals surface area (Å²) in [6.45, 7) is 2.27. The number of nitrogens with one attached hydrogen (secondary N) is 2. The summed E-state index contributed by atoms with van der Waals surface area (Å²) in [6, 6.07) is 24.9. The predicted octanol–water partition coefficient (Wildman–Crippen LogP) is 4.06. The lowest BCUT2D eigenvalue weighted by Crippen LogP contribution is -2.38. The van der Waals surface area contributed by atoms with Gasteiger partial charge in [-0.1, -0.05) is 84.4 Å². The van der Waals surface area contributed by atoms with Gasteiger partial charge in [0, 0.05) is 22.6 Å². The van der Waals surface area contributed by atoms with Crippen LogP contribution >= 0.6 is 0 Å². The maximum Gasteiger partial charge on any atom is 0.330 e. The zero-order valence-corrected chi connectivity index (χ0v) is 18.5. The van der Waals surface area contributed by atoms with Gasteiger partial charge in [0.25, 0.3) is 5.56 Å². The van der Waals surface area contributed by atoms with Gasteiger partial charge >= 0.3 is 5.69 Å². The third kappa shape index (κ3) is 2.99. The maximum absolute atomic E-state index is 13.6. The van der Waals surface area contributed by atoms with E-state index in [1.54, 1.807) is 10.6 Å². The van der Waals surface area contributed by atoms with Gasteiger partial charge in [-0.15, -0.1) is 0 Å². The monoisotopic (exact) mass is 447 g/mol. The number of hydrogen-bond acceptors (Lipinski definition) is 4. The van der Waals surface area contributed by atoms with Crippen LogP contribution in [0, 0.1) is 6.92 Å². The first kappa shape index (κ1) is 20.2. The normalized spacial score (nSPS) is 16.0. The zero-order valence-electron chi connectivity index (χ0n) is 18.5. The van der Waals surface area contributed by atoms with Crippen molar-refractivity contribution in [2.24, 2.45) is 0 Å². The van der Waals surface area contributed by atoms with E-state index < -0.39 is 17.2 Å². The minimum absolute atomic E-state index is 0.102. The van der Waals surface area contributed by atoms with Crippen LogP contribution < -0.4 is 16.6 Å². The molecular weight excluding hydrogens is 426 g/mol. The van der Waals surface area contributed by atoms with Crippen molar-refractivity contribution >= 4 is 17.3 Å². The van der Waals surface area contributed by atoms with E-state index in [1.165, 1.54) is 0 Å². The van der Waals surface area contributed by atoms with Crippen molar-refractivity contribution in [3.05, 3.63) is 139 Å². The summed E-state index contributed by atoms with van der Waals surface area (Å²) >= 11 is 0. The third-order valence-electron chi connectivity index (χ3n) is 6.61. The number of aromatic nitrogens is 2. The molecule has 0 saturated heterocycles. The third-order valence-corrected chi connectivity index (χ3v) is 6.61. The molecule has 6 rings (SSSR count). The topological polar surface area (TPSA) is 84.0 Å². The quantitative estimate of drug-likeness (QED) is 0.496. The van der Waals surface area contributed by atoms with Crippen LogP contribution in [-0.2, 0) is 6.54 Å². The summed E-state index contributed by atoms with van der Waals surface area (Å²) in [4.78, 5) is 42.3. The van der Waals surface area contributed by atoms with Gasteiger partial charge in [-0.2, -0.15) is 0 Å². The minimum Gasteiger partial charge on any atom is -0.340 e. The molecule has 0 radical (unpaired) electrons. The molecule has 6 nitrogen and oxygen atoms in total. The van der Waals surface area contributed by atoms with Crippen molar-refractivity contribution in [1.82, 2.24) is 9.55 Å². The molecule has 0 bridgehead atoms. The van der Waals surface area contributed by atoms with Gasteiger partial charge in [0.05, 0.1) is 17.8 Å². The molecule has 1 aliphatic carbocycles. The Balaban J connectivity index is 1.64. The number of H-pyrrole nitrogens is 1. The fourth-order valence-electron chi connectivity index (χ4n) is 4.97. The van der Waals surface area contributed by atoms with Gasteiger partial charge < -0.3 is 5.32 Å². The molecule has 1 aromatic heterocycles. The fourth-order valence-corrected chi connectivity index (χ4v) is 4.97. The molecule has 2 heterocycles. The van der Waals surface area contributed by atoms with E-state index >= 15 is 0 Å². The van der Waals surface area contributed by atoms with E-state index in [1.807, 2.05) is 79.7 Å². The molecule has 0 amide bonds. The van der Waals surface area contributed by atoms with E-state index in [0.29, 0.717) is 28.2 Å². The highest BCUT2D eigenvalue weighted by Gasteiger charge is 2.42. The second-order valence-corrected chi connectivity index (χ2v) is 8.73. The van der Waals surface area contributed by atoms with Crippen LogP contribution in [0.25, 0.3) is 5.70 Å². The van der Waals surface area contributed by atoms with Crippen LogP contribution in [0.4, 0.5) is 5.82 Å². The highest BCUT2D eigenvalue weighted by Crippen LogP contribution is 2.47. The van der Waals surface area contributed by atoms with E-state index in [4.69, 9.17) is 0 Å². The second-order valence-electron chi connectivity index (χ2n) is 8.73. The summed E-state index contributed by atoms with van der Waals surface area (Å²) in [5.74, 6) is -0.279. The highest BCUT2D eigenvalue weighted by atomic mass is 16.2. The van der Waals surface area contributed by atoms with Crippen LogP contribution in [0.2, 0.25) is 0 Å². The van der Waals surface area contributed by atoms with Gasteiger partial charge in [0.2, 0.25) is 0 Å². The van der Waals surface area contributed by atoms with Gasteiger partial charge in [-0.3, -0.25) is 19.1 Å². The number of nitrogens with zero attached hydrogens (tertiary/aromatic N) is 1. The molecule has 2 aliphatic rings. The number of carbonyl (C=O) groups excluding carboxylic acids is 1. The Morgan fingerprint density at radius 2 is 1.50 bits per heavy atom. The van der Waals surface area contributed by atoms with Gasteiger partial charge in [-0.05, 0) is 18.1 Å². The fraction of sp³-hybridized carbons (Fsp3) is 0.107. The number of aryl methyl sites for hydroxylation is 1. The minimum atomic E-state index is -0.599. The Hall–Kier alpha value is -4.45. The molecule has 166 valence electrons. The molecule has 1 atom stereocenters. The van der Waals surface area contributed by atoms with Crippen molar-refractivity contribution in [3.8, 4) is 0 Å². The summed E-state index contributed by atoms with van der Waals surface area (Å²) in [5, 5.41) is 3.33. The summed E-state index contributed by atoms with van der Waals surface area (Å²) in [7, 11) is 0. The average molecular weight is 447 g/mol. The SMILES string of the molecule is Cc1ccc([C@H]2C3=C(Nc4c2c(=O)[nH]c(=O)n4Cc2ccccc2)c2ccccc2C3=O)cc1. The average Bonchev–Trinajstić information content (AvgIpc) is 3.14. The molecule has 0 fully saturated rings. The van der Waals surface area contributed by atoms with Crippen molar-refractivity contribution < 1.29 is 4.79 Å². The smallest absolute Gasteiger partial charge is 0.330 e. The van der Waals surface area contributed by atoms with Crippen LogP contribution in [0.1, 0.15) is 44.1 Å². The summed E-state index contributed by atoms with van der Waals surface area (Å²) in [6.07, 6.45) is 0. The summed E-state index contributed by atoms with van der Waals surface area (Å²) in [5.41, 5.74) is 4.80. The first-order valence-electron chi connectivity index (χ1n) is 11.2. The van der Waals surface area contributed by atoms with Crippen molar-refractivity contribution in [3.63, 3.8) is 0 Å². The van der Waals surface area contributed by atoms with Crippen LogP contribution in [0.3, 0.4) is 0 Å². The van der Waals surface area contributed by atoms with Gasteiger partial charge in [0.15, 0.2) is 5.78 Å². The lowest BCUT2D eigenvalue weighted by Gasteiger charge is -2.29. The van der Waals surface area contributed by atoms with Crippen molar-refractivity contribution in [1.29, 1.82) is 0 Å². The largest absolute Gasteiger partial charge is 0.340 e. The second kappa shape index (κ2) is 7.56. The lowest BCUT2D eigenvalue weighted by molar-refractivity contribution is 0.103. The van der Waals surface area contributed by atoms with Gasteiger partial charge in [0.1, 0.15) is 5.82 Å². The number of carbonyl (C=O) groups is 1. The number of allylic oxidation sites excluding steroid dienone is 1. The Labute approximate surface area is 195 Å². The van der Waals surface area contributed by atoms with Gasteiger partial charge in [-0.25, -0.2) is 4.79 Å². The highest BCUT2D eigenvalue weighted by molar-refractivity contribution is 6.23. The van der Waals surface area contributed by atoms with E-state index in [9.17, 15) is 14.4 Å². The molecule has 6 heteroatoms. The number of rotatable bonds is 3. The molecule has 4 aromatic rings. The van der Waals surface area contributed by atoms with Crippen molar-refractivity contribution in [2.45, 2.75) is 19.4 Å². The first-order chi connectivity index (χ1) is 16.5. The Morgan fingerprint density at radius 1 is 0.824 bits per heavy atom. The zero-order chi connectivity index (χ0) is 23.4. The van der Waals surface area contributed by atoms with E-state index in [-0.39, 0.29) is 12.3 Å². The van der Waals surface area contributed by atoms with Crippen LogP contribution in [-0.4, -0.2) is 15.3 Å². The molecule has 0 saturated carbocycles. The maximum atomic E-state index is 13.6. The number of aromatic amines is 1. The predicted molar refractivity (Wildman–Crippen MR) is 131 cm³/mol. The number of Topliss-reactive ketones (excluding diaryl/α,β-unsaturated/α-hetero) is 1. The Kier molecular flexibility index (Phi) is 4.48. The number of anilines is 1.